The van der Waals surface area contributed by atoms with Gasteiger partial charge in [-0.3, -0.25) is 0 Å². The van der Waals surface area contributed by atoms with Gasteiger partial charge in [0.05, 0.1) is 10.2 Å². The maximum Gasteiger partial charge on any atom is 0.0592 e. The van der Waals surface area contributed by atoms with E-state index in [0.29, 0.717) is 0 Å². The van der Waals surface area contributed by atoms with Crippen molar-refractivity contribution in [3.8, 4) is 0 Å². The third-order valence-corrected chi connectivity index (χ3v) is 0. The lowest BCUT2D eigenvalue weighted by molar-refractivity contribution is -0.00100. The van der Waals surface area contributed by atoms with Gasteiger partial charge in [-0.25, -0.2) is 0 Å². The molecule has 0 rings (SSSR count). The Hall–Kier alpha value is 0.827. The molecule has 3 radical (unpaired) electrons. The van der Waals surface area contributed by atoms with Gasteiger partial charge in [0.15, 0.2) is 0 Å². The Morgan fingerprint density at radius 2 is 1.17 bits per heavy atom. The average Bonchev–Trinajstić information content (AvgIpc) is 0.918. The molecule has 0 saturated heterocycles. The average molecular weight is 161 g/mol. The Labute approximate surface area is 60.0 Å². The molecule has 0 fully saturated rings. The molecule has 0 spiro atoms. The summed E-state index contributed by atoms with van der Waals surface area (Å²) < 4.78 is 0. The van der Waals surface area contributed by atoms with Crippen molar-refractivity contribution in [1.82, 2.24) is 0 Å². The third kappa shape index (κ3) is 103. The predicted molar refractivity (Wildman–Crippen MR) is 16.0 cm³/mol. The number of hydrogen-bond donors (Lipinski definition) is 0. The number of hydrogen-bond acceptors (Lipinski definition) is 0. The van der Waals surface area contributed by atoms with E-state index in [4.69, 9.17) is 0 Å². The second kappa shape index (κ2) is 40.7. The lowest BCUT2D eigenvalue weighted by Gasteiger charge is -1.28. The van der Waals surface area contributed by atoms with Crippen molar-refractivity contribution in [1.29, 1.82) is 0 Å². The Morgan fingerprint density at radius 1 is 1.17 bits per heavy atom. The normalized spacial score (nSPS) is 2.17. The zero-order valence-corrected chi connectivity index (χ0v) is 6.19. The molecule has 0 amide bonds. The summed E-state index contributed by atoms with van der Waals surface area (Å²) in [6, 6.07) is 0. The quantitative estimate of drug-likeness (QED) is 0.310. The molecule has 0 aliphatic carbocycles. The maximum atomic E-state index is 3.27. The van der Waals surface area contributed by atoms with Crippen LogP contribution < -0.4 is 37.2 Å². The summed E-state index contributed by atoms with van der Waals surface area (Å²) in [6.45, 7) is 3.27. The Morgan fingerprint density at radius 3 is 1.17 bits per heavy atom. The highest BCUT2D eigenvalue weighted by Crippen LogP contribution is 1.24. The van der Waals surface area contributed by atoms with E-state index in [-0.39, 0.29) is 37.2 Å². The summed E-state index contributed by atoms with van der Waals surface area (Å²) in [5, 5.41) is 0. The largest absolute Gasteiger partial charge is 1.00 e. The number of rotatable bonds is 0. The minimum atomic E-state index is 0. The summed E-state index contributed by atoms with van der Waals surface area (Å²) >= 11 is 0. The van der Waals surface area contributed by atoms with E-state index in [9.17, 15) is 0 Å². The Kier molecular flexibility index (Phi) is 197. The van der Waals surface area contributed by atoms with Crippen LogP contribution in [0.4, 0.5) is 0 Å². The monoisotopic (exact) mass is 160 g/mol. The highest BCUT2D eigenvalue weighted by atomic mass is 35.5. The fourth-order valence-electron chi connectivity index (χ4n) is 0. The van der Waals surface area contributed by atoms with Crippen molar-refractivity contribution >= 4 is 10.2 Å². The van der Waals surface area contributed by atoms with Gasteiger partial charge in [-0.2, -0.15) is 0 Å². The molecule has 0 unspecified atom stereocenters. The zero-order valence-electron chi connectivity index (χ0n) is 2.92. The van der Waals surface area contributed by atoms with Crippen molar-refractivity contribution in [2.24, 2.45) is 0 Å². The summed E-state index contributed by atoms with van der Waals surface area (Å²) in [7, 11) is 2.95. The van der Waals surface area contributed by atoms with Crippen molar-refractivity contribution < 1.29 is 37.2 Å². The zero-order chi connectivity index (χ0) is 2.71. The van der Waals surface area contributed by atoms with Crippen LogP contribution in [0.2, 0.25) is 0 Å². The molecular formula is C2H3Cl3Si-3. The van der Waals surface area contributed by atoms with Gasteiger partial charge in [0.1, 0.15) is 0 Å². The van der Waals surface area contributed by atoms with Crippen LogP contribution in [0.3, 0.4) is 0 Å². The summed E-state index contributed by atoms with van der Waals surface area (Å²) in [5.41, 5.74) is 1.56. The van der Waals surface area contributed by atoms with E-state index in [0.717, 1.165) is 0 Å². The molecule has 0 aliphatic rings. The van der Waals surface area contributed by atoms with E-state index in [1.165, 1.54) is 0 Å². The van der Waals surface area contributed by atoms with Gasteiger partial charge >= 0.3 is 0 Å². The Balaban J connectivity index is -0.00000000667. The van der Waals surface area contributed by atoms with Crippen LogP contribution in [0.25, 0.3) is 0 Å². The minimum Gasteiger partial charge on any atom is -1.00 e. The minimum absolute atomic E-state index is 0. The molecule has 0 aromatic heterocycles. The van der Waals surface area contributed by atoms with E-state index >= 15 is 0 Å². The smallest absolute Gasteiger partial charge is 0.0592 e. The molecule has 0 nitrogen and oxygen atoms in total. The standard InChI is InChI=1S/C2H3Si.3ClH/c1-2-3;;;/h2H,1H2;3*1H/p-3. The van der Waals surface area contributed by atoms with Crippen LogP contribution in [-0.4, -0.2) is 10.2 Å². The maximum absolute atomic E-state index is 3.27. The summed E-state index contributed by atoms with van der Waals surface area (Å²) in [5.74, 6) is 0. The molecule has 0 bridgehead atoms. The molecule has 39 valence electrons. The summed E-state index contributed by atoms with van der Waals surface area (Å²) in [4.78, 5) is 0. The molecular weight excluding hydrogens is 158 g/mol. The van der Waals surface area contributed by atoms with Crippen LogP contribution in [0, 0.1) is 0 Å². The van der Waals surface area contributed by atoms with Crippen LogP contribution in [0.5, 0.6) is 0 Å². The highest BCUT2D eigenvalue weighted by molar-refractivity contribution is 6.16. The first-order valence-corrected chi connectivity index (χ1v) is 1.27. The first-order chi connectivity index (χ1) is 1.41. The van der Waals surface area contributed by atoms with Gasteiger partial charge in [-0.1, -0.05) is 0 Å². The van der Waals surface area contributed by atoms with Gasteiger partial charge in [-0.15, -0.1) is 12.3 Å². The Bertz CT molecular complexity index is 16.3. The van der Waals surface area contributed by atoms with Crippen LogP contribution >= 0.6 is 0 Å². The molecule has 0 aromatic rings. The van der Waals surface area contributed by atoms with Gasteiger partial charge in [-0.05, 0) is 0 Å². The van der Waals surface area contributed by atoms with Crippen molar-refractivity contribution in [2.45, 2.75) is 0 Å². The van der Waals surface area contributed by atoms with Crippen LogP contribution in [-0.2, 0) is 0 Å². The van der Waals surface area contributed by atoms with Gasteiger partial charge in [0, 0.05) is 0 Å². The number of halogens is 3. The molecule has 0 saturated carbocycles. The van der Waals surface area contributed by atoms with Crippen LogP contribution in [0.1, 0.15) is 0 Å². The van der Waals surface area contributed by atoms with E-state index in [1.807, 2.05) is 0 Å². The second-order valence-corrected chi connectivity index (χ2v) is 0.612. The van der Waals surface area contributed by atoms with Gasteiger partial charge in [0.25, 0.3) is 0 Å². The van der Waals surface area contributed by atoms with Gasteiger partial charge in [0.2, 0.25) is 0 Å². The van der Waals surface area contributed by atoms with Gasteiger partial charge < -0.3 is 37.2 Å². The van der Waals surface area contributed by atoms with E-state index in [2.05, 4.69) is 16.8 Å². The van der Waals surface area contributed by atoms with Crippen LogP contribution in [0.15, 0.2) is 12.3 Å². The fraction of sp³-hybridized carbons (Fsp3) is 0. The SMILES string of the molecule is C=C[Si].[Cl-].[Cl-].[Cl-]. The van der Waals surface area contributed by atoms with Crippen molar-refractivity contribution in [3.63, 3.8) is 0 Å². The lowest BCUT2D eigenvalue weighted by atomic mass is 11.3. The molecule has 4 heteroatoms. The molecule has 0 N–H and O–H groups in total. The lowest BCUT2D eigenvalue weighted by Crippen LogP contribution is -3.00. The highest BCUT2D eigenvalue weighted by Gasteiger charge is 1.18. The topological polar surface area (TPSA) is 0 Å². The predicted octanol–water partition coefficient (Wildman–Crippen LogP) is -8.69. The fourth-order valence-corrected chi connectivity index (χ4v) is 0. The van der Waals surface area contributed by atoms with E-state index in [1.54, 1.807) is 5.70 Å². The van der Waals surface area contributed by atoms with E-state index < -0.39 is 0 Å². The van der Waals surface area contributed by atoms with Crippen molar-refractivity contribution in [2.75, 3.05) is 0 Å². The first-order valence-electron chi connectivity index (χ1n) is 0.697. The molecule has 0 aliphatic heterocycles. The molecule has 0 atom stereocenters. The summed E-state index contributed by atoms with van der Waals surface area (Å²) in [6.07, 6.45) is 0. The molecule has 6 heavy (non-hydrogen) atoms. The first kappa shape index (κ1) is 29.0. The molecule has 0 aromatic carbocycles. The van der Waals surface area contributed by atoms with Crippen molar-refractivity contribution in [3.05, 3.63) is 12.3 Å². The third-order valence-electron chi connectivity index (χ3n) is 0. The molecule has 0 heterocycles. The second-order valence-electron chi connectivity index (χ2n) is 0.204.